The predicted octanol–water partition coefficient (Wildman–Crippen LogP) is 4.24. The Balaban J connectivity index is 1.79. The summed E-state index contributed by atoms with van der Waals surface area (Å²) in [6, 6.07) is 8.10. The molecule has 0 atom stereocenters. The van der Waals surface area contributed by atoms with Gasteiger partial charge in [-0.1, -0.05) is 38.5 Å². The minimum atomic E-state index is -0.392. The third-order valence-electron chi connectivity index (χ3n) is 6.39. The summed E-state index contributed by atoms with van der Waals surface area (Å²) in [5.41, 5.74) is 2.02. The first-order chi connectivity index (χ1) is 12.3. The lowest BCUT2D eigenvalue weighted by Gasteiger charge is -2.49. The Kier molecular flexibility index (Phi) is 5.73. The summed E-state index contributed by atoms with van der Waals surface area (Å²) in [7, 11) is 0. The molecule has 1 heterocycles. The van der Waals surface area contributed by atoms with E-state index in [9.17, 15) is 4.79 Å². The van der Waals surface area contributed by atoms with Gasteiger partial charge in [-0.3, -0.25) is 9.69 Å². The van der Waals surface area contributed by atoms with Crippen LogP contribution in [-0.4, -0.2) is 42.6 Å². The zero-order chi connectivity index (χ0) is 18.8. The Morgan fingerprint density at radius 3 is 2.23 bits per heavy atom. The maximum absolute atomic E-state index is 13.4. The third-order valence-corrected chi connectivity index (χ3v) is 6.39. The van der Waals surface area contributed by atoms with E-state index >= 15 is 0 Å². The maximum atomic E-state index is 13.4. The minimum absolute atomic E-state index is 0.163. The molecule has 0 radical (unpaired) electrons. The number of nitrogens with one attached hydrogen (secondary N) is 1. The molecule has 144 valence electrons. The lowest BCUT2D eigenvalue weighted by Crippen LogP contribution is -2.61. The SMILES string of the molecule is Cc1ccc(NC(=O)C2(N3CCOCC3)CCC(C(C)(C)C)CC2)cc1. The molecule has 0 spiro atoms. The Morgan fingerprint density at radius 2 is 1.69 bits per heavy atom. The molecule has 4 heteroatoms. The second-order valence-corrected chi connectivity index (χ2v) is 9.09. The van der Waals surface area contributed by atoms with Crippen molar-refractivity contribution in [2.24, 2.45) is 11.3 Å². The largest absolute Gasteiger partial charge is 0.379 e. The number of carbonyl (C=O) groups is 1. The first kappa shape index (κ1) is 19.4. The summed E-state index contributed by atoms with van der Waals surface area (Å²) in [6.07, 6.45) is 4.10. The molecule has 1 aromatic carbocycles. The van der Waals surface area contributed by atoms with E-state index in [2.05, 4.69) is 37.9 Å². The average molecular weight is 359 g/mol. The number of anilines is 1. The molecular formula is C22H34N2O2. The van der Waals surface area contributed by atoms with Crippen molar-refractivity contribution in [1.82, 2.24) is 4.90 Å². The molecule has 1 aliphatic carbocycles. The van der Waals surface area contributed by atoms with Gasteiger partial charge in [-0.05, 0) is 56.1 Å². The normalized spacial score (nSPS) is 27.9. The Bertz CT molecular complexity index is 604. The van der Waals surface area contributed by atoms with Gasteiger partial charge in [-0.15, -0.1) is 0 Å². The smallest absolute Gasteiger partial charge is 0.244 e. The van der Waals surface area contributed by atoms with E-state index in [4.69, 9.17) is 4.74 Å². The number of rotatable bonds is 3. The van der Waals surface area contributed by atoms with E-state index in [1.165, 1.54) is 5.56 Å². The number of benzene rings is 1. The molecule has 1 saturated heterocycles. The predicted molar refractivity (Wildman–Crippen MR) is 106 cm³/mol. The van der Waals surface area contributed by atoms with Gasteiger partial charge in [0.05, 0.1) is 13.2 Å². The first-order valence-electron chi connectivity index (χ1n) is 10.0. The molecule has 3 rings (SSSR count). The summed E-state index contributed by atoms with van der Waals surface area (Å²) in [4.78, 5) is 15.8. The molecule has 0 bridgehead atoms. The minimum Gasteiger partial charge on any atom is -0.379 e. The van der Waals surface area contributed by atoms with Crippen LogP contribution in [0.3, 0.4) is 0 Å². The van der Waals surface area contributed by atoms with Gasteiger partial charge in [0, 0.05) is 18.8 Å². The van der Waals surface area contributed by atoms with Crippen LogP contribution in [0.5, 0.6) is 0 Å². The van der Waals surface area contributed by atoms with Gasteiger partial charge >= 0.3 is 0 Å². The summed E-state index contributed by atoms with van der Waals surface area (Å²) >= 11 is 0. The van der Waals surface area contributed by atoms with E-state index in [1.54, 1.807) is 0 Å². The number of aryl methyl sites for hydroxylation is 1. The van der Waals surface area contributed by atoms with Crippen LogP contribution < -0.4 is 5.32 Å². The number of nitrogens with zero attached hydrogens (tertiary/aromatic N) is 1. The van der Waals surface area contributed by atoms with Crippen LogP contribution in [0.1, 0.15) is 52.0 Å². The number of amides is 1. The Labute approximate surface area is 158 Å². The summed E-state index contributed by atoms with van der Waals surface area (Å²) < 4.78 is 5.55. The van der Waals surface area contributed by atoms with Crippen molar-refractivity contribution < 1.29 is 9.53 Å². The summed E-state index contributed by atoms with van der Waals surface area (Å²) in [5, 5.41) is 3.21. The first-order valence-corrected chi connectivity index (χ1v) is 10.0. The van der Waals surface area contributed by atoms with Crippen LogP contribution in [0.25, 0.3) is 0 Å². The fourth-order valence-corrected chi connectivity index (χ4v) is 4.52. The van der Waals surface area contributed by atoms with Gasteiger partial charge in [-0.2, -0.15) is 0 Å². The molecule has 2 fully saturated rings. The van der Waals surface area contributed by atoms with E-state index < -0.39 is 5.54 Å². The fraction of sp³-hybridized carbons (Fsp3) is 0.682. The van der Waals surface area contributed by atoms with Gasteiger partial charge in [0.25, 0.3) is 0 Å². The van der Waals surface area contributed by atoms with E-state index in [0.29, 0.717) is 11.3 Å². The molecule has 1 N–H and O–H groups in total. The van der Waals surface area contributed by atoms with Crippen LogP contribution in [0, 0.1) is 18.3 Å². The highest BCUT2D eigenvalue weighted by Crippen LogP contribution is 2.44. The molecule has 1 amide bonds. The standard InChI is InChI=1S/C22H34N2O2/c1-17-5-7-19(8-6-17)23-20(25)22(24-13-15-26-16-14-24)11-9-18(10-12-22)21(2,3)4/h5-8,18H,9-16H2,1-4H3,(H,23,25). The highest BCUT2D eigenvalue weighted by molar-refractivity contribution is 5.98. The van der Waals surface area contributed by atoms with Crippen molar-refractivity contribution in [1.29, 1.82) is 0 Å². The van der Waals surface area contributed by atoms with E-state index in [-0.39, 0.29) is 5.91 Å². The molecular weight excluding hydrogens is 324 g/mol. The number of ether oxygens (including phenoxy) is 1. The maximum Gasteiger partial charge on any atom is 0.244 e. The van der Waals surface area contributed by atoms with Crippen LogP contribution in [0.15, 0.2) is 24.3 Å². The van der Waals surface area contributed by atoms with Crippen LogP contribution >= 0.6 is 0 Å². The Hall–Kier alpha value is -1.39. The number of morpholine rings is 1. The number of hydrogen-bond donors (Lipinski definition) is 1. The second kappa shape index (κ2) is 7.69. The molecule has 1 aromatic rings. The molecule has 2 aliphatic rings. The average Bonchev–Trinajstić information content (AvgIpc) is 2.63. The topological polar surface area (TPSA) is 41.6 Å². The lowest BCUT2D eigenvalue weighted by atomic mass is 9.66. The van der Waals surface area contributed by atoms with Crippen LogP contribution in [0.4, 0.5) is 5.69 Å². The summed E-state index contributed by atoms with van der Waals surface area (Å²) in [6.45, 7) is 12.2. The highest BCUT2D eigenvalue weighted by Gasteiger charge is 2.48. The van der Waals surface area contributed by atoms with Crippen LogP contribution in [0.2, 0.25) is 0 Å². The Morgan fingerprint density at radius 1 is 1.12 bits per heavy atom. The zero-order valence-corrected chi connectivity index (χ0v) is 16.8. The van der Waals surface area contributed by atoms with E-state index in [0.717, 1.165) is 57.7 Å². The van der Waals surface area contributed by atoms with Crippen molar-refractivity contribution in [3.8, 4) is 0 Å². The fourth-order valence-electron chi connectivity index (χ4n) is 4.52. The van der Waals surface area contributed by atoms with Crippen molar-refractivity contribution >= 4 is 11.6 Å². The van der Waals surface area contributed by atoms with Gasteiger partial charge < -0.3 is 10.1 Å². The molecule has 0 unspecified atom stereocenters. The monoisotopic (exact) mass is 358 g/mol. The highest BCUT2D eigenvalue weighted by atomic mass is 16.5. The molecule has 26 heavy (non-hydrogen) atoms. The molecule has 0 aromatic heterocycles. The number of hydrogen-bond acceptors (Lipinski definition) is 3. The quantitative estimate of drug-likeness (QED) is 0.879. The molecule has 4 nitrogen and oxygen atoms in total. The third kappa shape index (κ3) is 4.12. The van der Waals surface area contributed by atoms with Gasteiger partial charge in [0.15, 0.2) is 0 Å². The van der Waals surface area contributed by atoms with Crippen molar-refractivity contribution in [2.45, 2.75) is 58.9 Å². The molecule has 1 saturated carbocycles. The van der Waals surface area contributed by atoms with Crippen molar-refractivity contribution in [3.05, 3.63) is 29.8 Å². The van der Waals surface area contributed by atoms with E-state index in [1.807, 2.05) is 24.3 Å². The van der Waals surface area contributed by atoms with Crippen molar-refractivity contribution in [2.75, 3.05) is 31.6 Å². The zero-order valence-electron chi connectivity index (χ0n) is 16.8. The number of carbonyl (C=O) groups excluding carboxylic acids is 1. The second-order valence-electron chi connectivity index (χ2n) is 9.09. The summed E-state index contributed by atoms with van der Waals surface area (Å²) in [5.74, 6) is 0.847. The van der Waals surface area contributed by atoms with Crippen LogP contribution in [-0.2, 0) is 9.53 Å². The van der Waals surface area contributed by atoms with Gasteiger partial charge in [0.2, 0.25) is 5.91 Å². The van der Waals surface area contributed by atoms with Gasteiger partial charge in [0.1, 0.15) is 5.54 Å². The molecule has 1 aliphatic heterocycles. The lowest BCUT2D eigenvalue weighted by molar-refractivity contribution is -0.136. The van der Waals surface area contributed by atoms with Crippen molar-refractivity contribution in [3.63, 3.8) is 0 Å². The van der Waals surface area contributed by atoms with Gasteiger partial charge in [-0.25, -0.2) is 0 Å².